The molecule has 6 aromatic rings. The Morgan fingerprint density at radius 2 is 1.09 bits per heavy atom. The van der Waals surface area contributed by atoms with Crippen molar-refractivity contribution in [1.82, 2.24) is 29.2 Å². The molecule has 2 aromatic carbocycles. The lowest BCUT2D eigenvalue weighted by atomic mass is 9.95. The number of anilines is 1. The summed E-state index contributed by atoms with van der Waals surface area (Å²) in [6.07, 6.45) is 8.95. The third-order valence-electron chi connectivity index (χ3n) is 9.61. The molecule has 0 bridgehead atoms. The van der Waals surface area contributed by atoms with E-state index in [4.69, 9.17) is 50.8 Å². The van der Waals surface area contributed by atoms with Crippen LogP contribution in [0.4, 0.5) is 5.82 Å². The van der Waals surface area contributed by atoms with Gasteiger partial charge in [0.2, 0.25) is 20.0 Å². The number of aromatic nitrogens is 6. The number of hydrogen-bond donors (Lipinski definition) is 4. The SMILES string of the molecule is Clc1cccc(-c2cnc3ccc(Cl)nn23)c1.NC1CCC(S(N)(=O)=O)CC1.NS(=O)(=O)C1CCC(Nc2ccc3ncc(-c4cccc(Cl)c4)n3n2)CC1. The number of imidazole rings is 2. The smallest absolute Gasteiger partial charge is 0.211 e. The highest BCUT2D eigenvalue weighted by atomic mass is 35.5. The van der Waals surface area contributed by atoms with E-state index in [0.29, 0.717) is 40.9 Å². The van der Waals surface area contributed by atoms with Crippen LogP contribution < -0.4 is 21.3 Å². The molecule has 7 N–H and O–H groups in total. The number of sulfonamides is 2. The molecule has 292 valence electrons. The maximum absolute atomic E-state index is 11.5. The number of nitrogens with one attached hydrogen (secondary N) is 1. The standard InChI is InChI=1S/C18H20ClN5O2S.C12H7Cl2N3.C6H14N2O2S/c19-13-3-1-2-12(10-13)16-11-21-18-9-8-17(23-24(16)18)22-14-4-6-15(7-5-14)27(20,25)26;13-9-3-1-2-8(6-9)10-7-15-12-5-4-11(14)16-17(10)12;7-5-1-3-6(4-2-5)11(8,9)10/h1-3,8-11,14-15H,4-7H2,(H,22,23)(H2,20,25,26);1-7H;5-6H,1-4,7H2,(H2,8,9,10). The summed E-state index contributed by atoms with van der Waals surface area (Å²) in [5.41, 5.74) is 10.7. The molecule has 19 heteroatoms. The van der Waals surface area contributed by atoms with Crippen LogP contribution >= 0.6 is 34.8 Å². The summed E-state index contributed by atoms with van der Waals surface area (Å²) < 4.78 is 48.1. The van der Waals surface area contributed by atoms with Gasteiger partial charge in [0.05, 0.1) is 34.3 Å². The van der Waals surface area contributed by atoms with Crippen LogP contribution in [0.3, 0.4) is 0 Å². The van der Waals surface area contributed by atoms with Crippen molar-refractivity contribution in [3.05, 3.63) is 100 Å². The number of rotatable bonds is 6. The highest BCUT2D eigenvalue weighted by Gasteiger charge is 2.29. The Balaban J connectivity index is 0.000000156. The molecule has 0 radical (unpaired) electrons. The van der Waals surface area contributed by atoms with Crippen LogP contribution in [-0.4, -0.2) is 68.6 Å². The lowest BCUT2D eigenvalue weighted by molar-refractivity contribution is 0.434. The van der Waals surface area contributed by atoms with Crippen LogP contribution in [0.5, 0.6) is 0 Å². The van der Waals surface area contributed by atoms with Gasteiger partial charge in [-0.05, 0) is 99.9 Å². The Labute approximate surface area is 334 Å². The number of nitrogens with two attached hydrogens (primary N) is 3. The number of halogens is 3. The van der Waals surface area contributed by atoms with Crippen molar-refractivity contribution in [3.63, 3.8) is 0 Å². The second-order valence-corrected chi connectivity index (χ2v) is 18.5. The first-order valence-electron chi connectivity index (χ1n) is 17.6. The van der Waals surface area contributed by atoms with E-state index in [9.17, 15) is 16.8 Å². The summed E-state index contributed by atoms with van der Waals surface area (Å²) in [4.78, 5) is 8.66. The zero-order valence-corrected chi connectivity index (χ0v) is 33.4. The van der Waals surface area contributed by atoms with Gasteiger partial charge in [0.1, 0.15) is 11.0 Å². The molecule has 8 rings (SSSR count). The zero-order chi connectivity index (χ0) is 39.3. The van der Waals surface area contributed by atoms with Gasteiger partial charge >= 0.3 is 0 Å². The lowest BCUT2D eigenvalue weighted by Gasteiger charge is -2.28. The summed E-state index contributed by atoms with van der Waals surface area (Å²) in [6, 6.07) is 22.8. The average molecular weight is 848 g/mol. The van der Waals surface area contributed by atoms with Gasteiger partial charge in [0.15, 0.2) is 11.3 Å². The number of nitrogens with zero attached hydrogens (tertiary/aromatic N) is 6. The summed E-state index contributed by atoms with van der Waals surface area (Å²) in [5, 5.41) is 23.5. The molecule has 4 aromatic heterocycles. The second kappa shape index (κ2) is 17.5. The summed E-state index contributed by atoms with van der Waals surface area (Å²) in [5.74, 6) is 0.725. The molecule has 0 atom stereocenters. The molecule has 0 unspecified atom stereocenters. The fourth-order valence-electron chi connectivity index (χ4n) is 6.65. The number of benzene rings is 2. The molecule has 4 heterocycles. The molecule has 14 nitrogen and oxygen atoms in total. The molecule has 0 spiro atoms. The molecule has 0 saturated heterocycles. The average Bonchev–Trinajstić information content (AvgIpc) is 3.76. The summed E-state index contributed by atoms with van der Waals surface area (Å²) in [7, 11) is -6.75. The molecule has 0 aliphatic heterocycles. The van der Waals surface area contributed by atoms with E-state index < -0.39 is 25.3 Å². The van der Waals surface area contributed by atoms with Crippen molar-refractivity contribution >= 4 is 72.0 Å². The van der Waals surface area contributed by atoms with Crippen molar-refractivity contribution in [2.75, 3.05) is 5.32 Å². The minimum absolute atomic E-state index is 0.172. The highest BCUT2D eigenvalue weighted by Crippen LogP contribution is 2.28. The van der Waals surface area contributed by atoms with E-state index in [2.05, 4.69) is 25.5 Å². The van der Waals surface area contributed by atoms with Crippen molar-refractivity contribution < 1.29 is 16.8 Å². The lowest BCUT2D eigenvalue weighted by Crippen LogP contribution is -2.36. The van der Waals surface area contributed by atoms with Crippen LogP contribution in [0, 0.1) is 0 Å². The fraction of sp³-hybridized carbons (Fsp3) is 0.333. The topological polar surface area (TPSA) is 219 Å². The van der Waals surface area contributed by atoms with Crippen LogP contribution in [0.1, 0.15) is 51.4 Å². The minimum Gasteiger partial charge on any atom is -0.366 e. The normalized spacial score (nSPS) is 20.3. The molecule has 2 aliphatic rings. The first-order chi connectivity index (χ1) is 26.1. The maximum atomic E-state index is 11.5. The zero-order valence-electron chi connectivity index (χ0n) is 29.5. The van der Waals surface area contributed by atoms with Gasteiger partial charge in [-0.3, -0.25) is 0 Å². The Bertz CT molecular complexity index is 2480. The molecule has 0 amide bonds. The van der Waals surface area contributed by atoms with Crippen molar-refractivity contribution in [2.24, 2.45) is 16.0 Å². The first-order valence-corrected chi connectivity index (χ1v) is 21.9. The predicted octanol–water partition coefficient (Wildman–Crippen LogP) is 6.31. The van der Waals surface area contributed by atoms with Crippen LogP contribution in [0.25, 0.3) is 33.8 Å². The van der Waals surface area contributed by atoms with E-state index in [1.807, 2.05) is 66.7 Å². The molecule has 2 aliphatic carbocycles. The van der Waals surface area contributed by atoms with Gasteiger partial charge < -0.3 is 11.1 Å². The predicted molar refractivity (Wildman–Crippen MR) is 218 cm³/mol. The van der Waals surface area contributed by atoms with Gasteiger partial charge in [-0.25, -0.2) is 46.1 Å². The Morgan fingerprint density at radius 1 is 0.618 bits per heavy atom. The van der Waals surface area contributed by atoms with E-state index in [0.717, 1.165) is 65.3 Å². The number of fused-ring (bicyclic) bond motifs is 2. The fourth-order valence-corrected chi connectivity index (χ4v) is 9.03. The first kappa shape index (κ1) is 40.8. The highest BCUT2D eigenvalue weighted by molar-refractivity contribution is 7.90. The summed E-state index contributed by atoms with van der Waals surface area (Å²) >= 11 is 18.0. The third kappa shape index (κ3) is 10.7. The molecule has 55 heavy (non-hydrogen) atoms. The maximum Gasteiger partial charge on any atom is 0.211 e. The van der Waals surface area contributed by atoms with E-state index in [1.165, 1.54) is 0 Å². The van der Waals surface area contributed by atoms with Crippen LogP contribution in [-0.2, 0) is 20.0 Å². The van der Waals surface area contributed by atoms with Gasteiger partial charge in [-0.2, -0.15) is 5.10 Å². The second-order valence-electron chi connectivity index (χ2n) is 13.6. The Morgan fingerprint density at radius 3 is 1.58 bits per heavy atom. The molecular formula is C36H41Cl3N10O4S2. The molecular weight excluding hydrogens is 807 g/mol. The quantitative estimate of drug-likeness (QED) is 0.146. The Hall–Kier alpha value is -3.87. The van der Waals surface area contributed by atoms with Crippen LogP contribution in [0.2, 0.25) is 15.2 Å². The van der Waals surface area contributed by atoms with Gasteiger partial charge in [0, 0.05) is 33.3 Å². The molecule has 2 saturated carbocycles. The van der Waals surface area contributed by atoms with Gasteiger partial charge in [-0.1, -0.05) is 59.1 Å². The Kier molecular flexibility index (Phi) is 13.0. The van der Waals surface area contributed by atoms with Gasteiger partial charge in [0.25, 0.3) is 0 Å². The van der Waals surface area contributed by atoms with Crippen molar-refractivity contribution in [3.8, 4) is 22.5 Å². The largest absolute Gasteiger partial charge is 0.366 e. The summed E-state index contributed by atoms with van der Waals surface area (Å²) in [6.45, 7) is 0. The monoisotopic (exact) mass is 846 g/mol. The number of primary sulfonamides is 2. The van der Waals surface area contributed by atoms with Crippen molar-refractivity contribution in [1.29, 1.82) is 0 Å². The van der Waals surface area contributed by atoms with Gasteiger partial charge in [-0.15, -0.1) is 5.10 Å². The third-order valence-corrected chi connectivity index (χ3v) is 13.1. The van der Waals surface area contributed by atoms with E-state index in [1.54, 1.807) is 27.5 Å². The minimum atomic E-state index is -3.45. The van der Waals surface area contributed by atoms with Crippen molar-refractivity contribution in [2.45, 2.75) is 74.0 Å². The van der Waals surface area contributed by atoms with E-state index >= 15 is 0 Å². The van der Waals surface area contributed by atoms with E-state index in [-0.39, 0.29) is 17.3 Å². The molecule has 2 fully saturated rings. The number of hydrogen-bond acceptors (Lipinski definition) is 10. The van der Waals surface area contributed by atoms with Crippen LogP contribution in [0.15, 0.2) is 85.2 Å².